The number of amides is 3. The fourth-order valence-corrected chi connectivity index (χ4v) is 1.89. The van der Waals surface area contributed by atoms with Gasteiger partial charge in [-0.2, -0.15) is 0 Å². The van der Waals surface area contributed by atoms with Crippen LogP contribution in [0.25, 0.3) is 0 Å². The van der Waals surface area contributed by atoms with Crippen LogP contribution in [-0.2, 0) is 9.59 Å². The minimum Gasteiger partial charge on any atom is -0.481 e. The van der Waals surface area contributed by atoms with Crippen molar-refractivity contribution in [2.75, 3.05) is 26.7 Å². The van der Waals surface area contributed by atoms with E-state index >= 15 is 0 Å². The van der Waals surface area contributed by atoms with Crippen LogP contribution in [0.5, 0.6) is 0 Å². The minimum absolute atomic E-state index is 0.139. The highest BCUT2D eigenvalue weighted by Crippen LogP contribution is 2.18. The Labute approximate surface area is 112 Å². The molecule has 0 aliphatic carbocycles. The lowest BCUT2D eigenvalue weighted by atomic mass is 10.0. The molecule has 19 heavy (non-hydrogen) atoms. The van der Waals surface area contributed by atoms with E-state index in [-0.39, 0.29) is 18.4 Å². The standard InChI is InChI=1S/C12H21N3O4/c1-12(2)8-15(7-6-14(12)3)11(19)13-9(16)4-5-10(17)18/h4-8H2,1-3H3,(H,17,18)(H,13,16,19). The summed E-state index contributed by atoms with van der Waals surface area (Å²) in [7, 11) is 1.99. The van der Waals surface area contributed by atoms with Gasteiger partial charge in [0.05, 0.1) is 6.42 Å². The van der Waals surface area contributed by atoms with E-state index in [1.165, 1.54) is 0 Å². The summed E-state index contributed by atoms with van der Waals surface area (Å²) in [5.41, 5.74) is -0.139. The van der Waals surface area contributed by atoms with Gasteiger partial charge in [0.25, 0.3) is 0 Å². The van der Waals surface area contributed by atoms with E-state index in [9.17, 15) is 14.4 Å². The van der Waals surface area contributed by atoms with Crippen LogP contribution in [0.3, 0.4) is 0 Å². The molecule has 1 rings (SSSR count). The number of nitrogens with zero attached hydrogens (tertiary/aromatic N) is 2. The number of carbonyl (C=O) groups is 3. The maximum atomic E-state index is 11.9. The lowest BCUT2D eigenvalue weighted by molar-refractivity contribution is -0.138. The van der Waals surface area contributed by atoms with Crippen LogP contribution in [0.1, 0.15) is 26.7 Å². The number of nitrogens with one attached hydrogen (secondary N) is 1. The molecular weight excluding hydrogens is 250 g/mol. The summed E-state index contributed by atoms with van der Waals surface area (Å²) in [6, 6.07) is -0.448. The molecule has 1 aliphatic rings. The fourth-order valence-electron chi connectivity index (χ4n) is 1.89. The Morgan fingerprint density at radius 1 is 1.21 bits per heavy atom. The van der Waals surface area contributed by atoms with E-state index in [0.717, 1.165) is 6.54 Å². The average Bonchev–Trinajstić information content (AvgIpc) is 2.29. The Balaban J connectivity index is 2.46. The molecule has 1 heterocycles. The molecule has 0 spiro atoms. The molecule has 7 nitrogen and oxygen atoms in total. The summed E-state index contributed by atoms with van der Waals surface area (Å²) >= 11 is 0. The molecule has 7 heteroatoms. The maximum Gasteiger partial charge on any atom is 0.324 e. The predicted molar refractivity (Wildman–Crippen MR) is 68.7 cm³/mol. The van der Waals surface area contributed by atoms with E-state index in [0.29, 0.717) is 13.1 Å². The van der Waals surface area contributed by atoms with Crippen LogP contribution >= 0.6 is 0 Å². The number of carboxylic acids is 1. The molecule has 108 valence electrons. The van der Waals surface area contributed by atoms with Crippen molar-refractivity contribution < 1.29 is 19.5 Å². The summed E-state index contributed by atoms with van der Waals surface area (Å²) in [4.78, 5) is 37.3. The molecule has 2 N–H and O–H groups in total. The number of urea groups is 1. The van der Waals surface area contributed by atoms with Gasteiger partial charge in [-0.05, 0) is 20.9 Å². The van der Waals surface area contributed by atoms with Crippen molar-refractivity contribution in [1.29, 1.82) is 0 Å². The predicted octanol–water partition coefficient (Wildman–Crippen LogP) is 0.113. The number of imide groups is 1. The van der Waals surface area contributed by atoms with Gasteiger partial charge in [0.15, 0.2) is 0 Å². The normalized spacial score (nSPS) is 19.0. The lowest BCUT2D eigenvalue weighted by Gasteiger charge is -2.45. The third kappa shape index (κ3) is 4.51. The molecule has 0 unspecified atom stereocenters. The van der Waals surface area contributed by atoms with E-state index in [1.807, 2.05) is 20.9 Å². The number of piperazine rings is 1. The third-order valence-corrected chi connectivity index (χ3v) is 3.42. The molecule has 0 aromatic carbocycles. The Kier molecular flexibility index (Phi) is 4.88. The highest BCUT2D eigenvalue weighted by molar-refractivity contribution is 5.95. The van der Waals surface area contributed by atoms with Gasteiger partial charge in [0.2, 0.25) is 5.91 Å². The van der Waals surface area contributed by atoms with Crippen molar-refractivity contribution >= 4 is 17.9 Å². The number of carbonyl (C=O) groups excluding carboxylic acids is 2. The van der Waals surface area contributed by atoms with Crippen LogP contribution in [-0.4, -0.2) is 65.0 Å². The van der Waals surface area contributed by atoms with E-state index < -0.39 is 17.9 Å². The summed E-state index contributed by atoms with van der Waals surface area (Å²) < 4.78 is 0. The molecule has 0 atom stereocenters. The van der Waals surface area contributed by atoms with Gasteiger partial charge in [-0.1, -0.05) is 0 Å². The number of rotatable bonds is 3. The van der Waals surface area contributed by atoms with Crippen LogP contribution in [0.4, 0.5) is 4.79 Å². The Morgan fingerprint density at radius 2 is 1.84 bits per heavy atom. The van der Waals surface area contributed by atoms with Crippen LogP contribution in [0.2, 0.25) is 0 Å². The number of likely N-dealkylation sites (N-methyl/N-ethyl adjacent to an activating group) is 1. The zero-order valence-corrected chi connectivity index (χ0v) is 11.6. The van der Waals surface area contributed by atoms with E-state index in [4.69, 9.17) is 5.11 Å². The van der Waals surface area contributed by atoms with Crippen LogP contribution in [0, 0.1) is 0 Å². The topological polar surface area (TPSA) is 90.0 Å². The summed E-state index contributed by atoms with van der Waals surface area (Å²) in [5.74, 6) is -1.60. The zero-order valence-electron chi connectivity index (χ0n) is 11.6. The fraction of sp³-hybridized carbons (Fsp3) is 0.750. The van der Waals surface area contributed by atoms with Gasteiger partial charge in [-0.15, -0.1) is 0 Å². The van der Waals surface area contributed by atoms with Gasteiger partial charge in [-0.3, -0.25) is 19.8 Å². The minimum atomic E-state index is -1.05. The molecule has 0 bridgehead atoms. The summed E-state index contributed by atoms with van der Waals surface area (Å²) in [6.45, 7) is 5.88. The number of hydrogen-bond donors (Lipinski definition) is 2. The van der Waals surface area contributed by atoms with Crippen molar-refractivity contribution in [1.82, 2.24) is 15.1 Å². The first-order valence-corrected chi connectivity index (χ1v) is 6.24. The first kappa shape index (κ1) is 15.4. The van der Waals surface area contributed by atoms with Crippen molar-refractivity contribution in [2.24, 2.45) is 0 Å². The van der Waals surface area contributed by atoms with Crippen molar-refractivity contribution in [3.8, 4) is 0 Å². The number of carboxylic acid groups (broad SMARTS) is 1. The smallest absolute Gasteiger partial charge is 0.324 e. The van der Waals surface area contributed by atoms with Crippen LogP contribution < -0.4 is 5.32 Å². The molecule has 1 aliphatic heterocycles. The maximum absolute atomic E-state index is 11.9. The largest absolute Gasteiger partial charge is 0.481 e. The third-order valence-electron chi connectivity index (χ3n) is 3.42. The van der Waals surface area contributed by atoms with Gasteiger partial charge < -0.3 is 10.0 Å². The first-order valence-electron chi connectivity index (χ1n) is 6.24. The molecule has 0 radical (unpaired) electrons. The van der Waals surface area contributed by atoms with E-state index in [2.05, 4.69) is 10.2 Å². The second kappa shape index (κ2) is 6.01. The highest BCUT2D eigenvalue weighted by Gasteiger charge is 2.33. The molecule has 0 aromatic rings. The summed E-state index contributed by atoms with van der Waals surface area (Å²) in [6.07, 6.45) is -0.453. The molecular formula is C12H21N3O4. The van der Waals surface area contributed by atoms with Crippen molar-refractivity contribution in [3.05, 3.63) is 0 Å². The van der Waals surface area contributed by atoms with Gasteiger partial charge in [0.1, 0.15) is 0 Å². The SMILES string of the molecule is CN1CCN(C(=O)NC(=O)CCC(=O)O)CC1(C)C. The van der Waals surface area contributed by atoms with Gasteiger partial charge in [0, 0.05) is 31.6 Å². The zero-order chi connectivity index (χ0) is 14.6. The molecule has 0 aromatic heterocycles. The average molecular weight is 271 g/mol. The monoisotopic (exact) mass is 271 g/mol. The number of hydrogen-bond acceptors (Lipinski definition) is 4. The van der Waals surface area contributed by atoms with Gasteiger partial charge in [-0.25, -0.2) is 4.79 Å². The van der Waals surface area contributed by atoms with Crippen molar-refractivity contribution in [2.45, 2.75) is 32.2 Å². The van der Waals surface area contributed by atoms with Crippen LogP contribution in [0.15, 0.2) is 0 Å². The first-order chi connectivity index (χ1) is 8.72. The quantitative estimate of drug-likeness (QED) is 0.760. The number of aliphatic carboxylic acids is 1. The second-order valence-corrected chi connectivity index (χ2v) is 5.40. The summed E-state index contributed by atoms with van der Waals surface area (Å²) in [5, 5.41) is 10.7. The Bertz CT molecular complexity index is 381. The Hall–Kier alpha value is -1.63. The molecule has 3 amide bonds. The Morgan fingerprint density at radius 3 is 2.37 bits per heavy atom. The molecule has 1 saturated heterocycles. The molecule has 0 saturated carbocycles. The van der Waals surface area contributed by atoms with Gasteiger partial charge >= 0.3 is 12.0 Å². The highest BCUT2D eigenvalue weighted by atomic mass is 16.4. The lowest BCUT2D eigenvalue weighted by Crippen LogP contribution is -2.60. The second-order valence-electron chi connectivity index (χ2n) is 5.40. The molecule has 1 fully saturated rings. The van der Waals surface area contributed by atoms with E-state index in [1.54, 1.807) is 4.90 Å². The van der Waals surface area contributed by atoms with Crippen molar-refractivity contribution in [3.63, 3.8) is 0 Å².